The van der Waals surface area contributed by atoms with E-state index >= 15 is 0 Å². The zero-order chi connectivity index (χ0) is 43.7. The molecule has 0 rings (SSSR count). The van der Waals surface area contributed by atoms with Crippen LogP contribution in [0.1, 0.15) is 233 Å². The normalized spacial score (nSPS) is 12.7. The molecule has 0 bridgehead atoms. The quantitative estimate of drug-likeness (QED) is 0.0200. The van der Waals surface area contributed by atoms with Gasteiger partial charge in [-0.15, -0.1) is 0 Å². The maximum Gasteiger partial charge on any atom is 0.306 e. The van der Waals surface area contributed by atoms with Gasteiger partial charge in [-0.1, -0.05) is 196 Å². The van der Waals surface area contributed by atoms with E-state index in [-0.39, 0.29) is 31.1 Å². The van der Waals surface area contributed by atoms with Gasteiger partial charge < -0.3 is 14.2 Å². The smallest absolute Gasteiger partial charge is 0.306 e. The highest BCUT2D eigenvalue weighted by molar-refractivity contribution is 5.71. The van der Waals surface area contributed by atoms with Gasteiger partial charge in [-0.2, -0.15) is 0 Å². The Morgan fingerprint density at radius 3 is 1.08 bits per heavy atom. The minimum absolute atomic E-state index is 0.0982. The average molecular weight is 837 g/mol. The molecule has 0 saturated heterocycles. The Hall–Kier alpha value is -3.15. The number of esters is 3. The van der Waals surface area contributed by atoms with Crippen molar-refractivity contribution in [3.05, 3.63) is 72.9 Å². The molecular weight excluding hydrogens is 745 g/mol. The summed E-state index contributed by atoms with van der Waals surface area (Å²) in [4.78, 5) is 37.8. The Kier molecular flexibility index (Phi) is 46.0. The molecule has 0 aliphatic rings. The fourth-order valence-corrected chi connectivity index (χ4v) is 6.69. The summed E-state index contributed by atoms with van der Waals surface area (Å²) >= 11 is 0. The SMILES string of the molecule is CCCCC\C=C/C=C\C=C/C=C\CCCCCCCC(=O)OCC(COC(=O)CCC/C=C\CCCCCC)OC(=O)CCCCCCCCC/C=C\CCCCCC. The summed E-state index contributed by atoms with van der Waals surface area (Å²) in [6, 6.07) is 0. The third-order valence-corrected chi connectivity index (χ3v) is 10.5. The monoisotopic (exact) mass is 837 g/mol. The van der Waals surface area contributed by atoms with Crippen molar-refractivity contribution in [3.8, 4) is 0 Å². The largest absolute Gasteiger partial charge is 0.462 e. The van der Waals surface area contributed by atoms with Crippen molar-refractivity contribution in [3.63, 3.8) is 0 Å². The molecule has 0 radical (unpaired) electrons. The Labute approximate surface area is 370 Å². The summed E-state index contributed by atoms with van der Waals surface area (Å²) in [6.45, 7) is 6.50. The summed E-state index contributed by atoms with van der Waals surface area (Å²) in [6.07, 6.45) is 60.3. The zero-order valence-corrected chi connectivity index (χ0v) is 39.2. The molecule has 0 amide bonds. The highest BCUT2D eigenvalue weighted by Crippen LogP contribution is 2.13. The number of carbonyl (C=O) groups is 3. The Bertz CT molecular complexity index is 1140. The average Bonchev–Trinajstić information content (AvgIpc) is 3.24. The molecule has 0 fully saturated rings. The summed E-state index contributed by atoms with van der Waals surface area (Å²) < 4.78 is 16.7. The number of ether oxygens (including phenoxy) is 3. The molecule has 1 atom stereocenters. The van der Waals surface area contributed by atoms with E-state index < -0.39 is 6.10 Å². The van der Waals surface area contributed by atoms with E-state index in [2.05, 4.69) is 93.7 Å². The van der Waals surface area contributed by atoms with Gasteiger partial charge in [0.1, 0.15) is 13.2 Å². The van der Waals surface area contributed by atoms with E-state index in [4.69, 9.17) is 14.2 Å². The Balaban J connectivity index is 4.41. The molecule has 344 valence electrons. The van der Waals surface area contributed by atoms with Crippen LogP contribution in [0.25, 0.3) is 0 Å². The minimum Gasteiger partial charge on any atom is -0.462 e. The van der Waals surface area contributed by atoms with Crippen molar-refractivity contribution in [2.75, 3.05) is 13.2 Å². The number of carbonyl (C=O) groups excluding carboxylic acids is 3. The number of rotatable bonds is 44. The lowest BCUT2D eigenvalue weighted by Gasteiger charge is -2.18. The van der Waals surface area contributed by atoms with Crippen molar-refractivity contribution in [2.24, 2.45) is 0 Å². The van der Waals surface area contributed by atoms with Crippen LogP contribution in [0.4, 0.5) is 0 Å². The summed E-state index contributed by atoms with van der Waals surface area (Å²) in [7, 11) is 0. The molecule has 0 spiro atoms. The maximum atomic E-state index is 12.8. The van der Waals surface area contributed by atoms with Gasteiger partial charge in [-0.3, -0.25) is 14.4 Å². The van der Waals surface area contributed by atoms with E-state index in [1.54, 1.807) is 0 Å². The van der Waals surface area contributed by atoms with Crippen molar-refractivity contribution in [1.82, 2.24) is 0 Å². The first kappa shape index (κ1) is 56.9. The van der Waals surface area contributed by atoms with E-state index in [9.17, 15) is 14.4 Å². The van der Waals surface area contributed by atoms with Crippen LogP contribution in [-0.4, -0.2) is 37.2 Å². The van der Waals surface area contributed by atoms with Crippen molar-refractivity contribution < 1.29 is 28.6 Å². The standard InChI is InChI=1S/C54H92O6/c1-4-7-10-13-16-19-21-23-25-26-27-29-30-32-35-38-41-44-47-53(56)59-50-51(49-58-52(55)46-43-40-37-34-18-15-12-9-6-3)60-54(57)48-45-42-39-36-33-31-28-24-22-20-17-14-11-8-5-2/h16,19-23,25-27,29,34,37,51H,4-15,17-18,24,28,30-33,35-36,38-50H2,1-3H3/b19-16-,22-20-,23-21-,26-25-,29-27-,37-34-. The van der Waals surface area contributed by atoms with Gasteiger partial charge in [0.15, 0.2) is 6.10 Å². The lowest BCUT2D eigenvalue weighted by atomic mass is 10.1. The topological polar surface area (TPSA) is 78.9 Å². The molecule has 1 unspecified atom stereocenters. The van der Waals surface area contributed by atoms with Crippen LogP contribution in [0.2, 0.25) is 0 Å². The third-order valence-electron chi connectivity index (χ3n) is 10.5. The van der Waals surface area contributed by atoms with Crippen LogP contribution in [0, 0.1) is 0 Å². The number of hydrogen-bond acceptors (Lipinski definition) is 6. The predicted molar refractivity (Wildman–Crippen MR) is 256 cm³/mol. The third kappa shape index (κ3) is 45.9. The molecule has 6 nitrogen and oxygen atoms in total. The molecular formula is C54H92O6. The van der Waals surface area contributed by atoms with Crippen LogP contribution in [0.3, 0.4) is 0 Å². The van der Waals surface area contributed by atoms with E-state index in [0.717, 1.165) is 77.0 Å². The predicted octanol–water partition coefficient (Wildman–Crippen LogP) is 16.3. The van der Waals surface area contributed by atoms with Crippen molar-refractivity contribution >= 4 is 17.9 Å². The molecule has 0 heterocycles. The van der Waals surface area contributed by atoms with Crippen molar-refractivity contribution in [1.29, 1.82) is 0 Å². The molecule has 6 heteroatoms. The second kappa shape index (κ2) is 48.5. The van der Waals surface area contributed by atoms with Gasteiger partial charge >= 0.3 is 17.9 Å². The molecule has 0 N–H and O–H groups in total. The summed E-state index contributed by atoms with van der Waals surface area (Å²) in [5, 5.41) is 0. The number of hydrogen-bond donors (Lipinski definition) is 0. The fraction of sp³-hybridized carbons (Fsp3) is 0.722. The molecule has 0 aliphatic heterocycles. The van der Waals surface area contributed by atoms with Crippen LogP contribution < -0.4 is 0 Å². The molecule has 0 aromatic heterocycles. The Morgan fingerprint density at radius 1 is 0.333 bits per heavy atom. The summed E-state index contributed by atoms with van der Waals surface area (Å²) in [5.41, 5.74) is 0. The number of unbranched alkanes of at least 4 members (excludes halogenated alkanes) is 24. The fourth-order valence-electron chi connectivity index (χ4n) is 6.69. The first-order chi connectivity index (χ1) is 29.5. The number of allylic oxidation sites excluding steroid dienone is 12. The maximum absolute atomic E-state index is 12.8. The van der Waals surface area contributed by atoms with Crippen LogP contribution >= 0.6 is 0 Å². The first-order valence-electron chi connectivity index (χ1n) is 25.0. The Morgan fingerprint density at radius 2 is 0.633 bits per heavy atom. The van der Waals surface area contributed by atoms with E-state index in [1.807, 2.05) is 0 Å². The van der Waals surface area contributed by atoms with Gasteiger partial charge in [0.05, 0.1) is 0 Å². The molecule has 0 saturated carbocycles. The second-order valence-electron chi connectivity index (χ2n) is 16.5. The first-order valence-corrected chi connectivity index (χ1v) is 25.0. The molecule has 60 heavy (non-hydrogen) atoms. The lowest BCUT2D eigenvalue weighted by Crippen LogP contribution is -2.30. The van der Waals surface area contributed by atoms with E-state index in [0.29, 0.717) is 25.7 Å². The molecule has 0 aromatic carbocycles. The lowest BCUT2D eigenvalue weighted by molar-refractivity contribution is -0.167. The van der Waals surface area contributed by atoms with E-state index in [1.165, 1.54) is 109 Å². The summed E-state index contributed by atoms with van der Waals surface area (Å²) in [5.74, 6) is -0.961. The van der Waals surface area contributed by atoms with Gasteiger partial charge in [0.2, 0.25) is 0 Å². The minimum atomic E-state index is -0.796. The molecule has 0 aromatic rings. The highest BCUT2D eigenvalue weighted by Gasteiger charge is 2.19. The van der Waals surface area contributed by atoms with Crippen LogP contribution in [0.15, 0.2) is 72.9 Å². The highest BCUT2D eigenvalue weighted by atomic mass is 16.6. The van der Waals surface area contributed by atoms with Gasteiger partial charge in [-0.25, -0.2) is 0 Å². The van der Waals surface area contributed by atoms with Crippen LogP contribution in [-0.2, 0) is 28.6 Å². The zero-order valence-electron chi connectivity index (χ0n) is 39.2. The van der Waals surface area contributed by atoms with Crippen molar-refractivity contribution in [2.45, 2.75) is 239 Å². The van der Waals surface area contributed by atoms with Gasteiger partial charge in [0, 0.05) is 19.3 Å². The van der Waals surface area contributed by atoms with Gasteiger partial charge in [0.25, 0.3) is 0 Å². The van der Waals surface area contributed by atoms with Gasteiger partial charge in [-0.05, 0) is 89.9 Å². The van der Waals surface area contributed by atoms with Crippen LogP contribution in [0.5, 0.6) is 0 Å². The molecule has 0 aliphatic carbocycles. The second-order valence-corrected chi connectivity index (χ2v) is 16.5.